The third kappa shape index (κ3) is 3.02. The van der Waals surface area contributed by atoms with E-state index in [1.165, 1.54) is 11.1 Å². The molecule has 4 nitrogen and oxygen atoms in total. The Morgan fingerprint density at radius 2 is 2.05 bits per heavy atom. The zero-order chi connectivity index (χ0) is 14.7. The summed E-state index contributed by atoms with van der Waals surface area (Å²) in [4.78, 5) is 7.07. The number of aryl methyl sites for hydroxylation is 2. The molecule has 1 heterocycles. The van der Waals surface area contributed by atoms with Crippen LogP contribution in [-0.2, 0) is 6.54 Å². The Labute approximate surface area is 121 Å². The van der Waals surface area contributed by atoms with Crippen LogP contribution >= 0.6 is 0 Å². The maximum atomic E-state index is 5.61. The summed E-state index contributed by atoms with van der Waals surface area (Å²) in [7, 11) is 4.19. The summed E-state index contributed by atoms with van der Waals surface area (Å²) in [6, 6.07) is 6.82. The number of hydrogen-bond donors (Lipinski definition) is 1. The van der Waals surface area contributed by atoms with Crippen molar-refractivity contribution in [2.45, 2.75) is 39.3 Å². The van der Waals surface area contributed by atoms with Crippen LogP contribution < -0.4 is 5.73 Å². The van der Waals surface area contributed by atoms with Gasteiger partial charge in [-0.1, -0.05) is 6.07 Å². The number of benzene rings is 1. The second-order valence-electron chi connectivity index (χ2n) is 5.75. The van der Waals surface area contributed by atoms with Crippen LogP contribution in [0.3, 0.4) is 0 Å². The molecular formula is C16H26N4. The highest BCUT2D eigenvalue weighted by Crippen LogP contribution is 2.24. The van der Waals surface area contributed by atoms with Gasteiger partial charge < -0.3 is 10.3 Å². The number of aromatic nitrogens is 2. The van der Waals surface area contributed by atoms with Crippen LogP contribution in [-0.4, -0.2) is 35.1 Å². The van der Waals surface area contributed by atoms with Crippen molar-refractivity contribution in [1.82, 2.24) is 14.5 Å². The second-order valence-corrected chi connectivity index (χ2v) is 5.75. The van der Waals surface area contributed by atoms with E-state index in [0.717, 1.165) is 37.3 Å². The molecule has 0 bridgehead atoms. The molecule has 0 aliphatic heterocycles. The lowest BCUT2D eigenvalue weighted by atomic mass is 10.2. The van der Waals surface area contributed by atoms with E-state index in [4.69, 9.17) is 10.7 Å². The first-order valence-corrected chi connectivity index (χ1v) is 7.38. The quantitative estimate of drug-likeness (QED) is 0.824. The predicted octanol–water partition coefficient (Wildman–Crippen LogP) is 2.71. The Balaban J connectivity index is 2.44. The summed E-state index contributed by atoms with van der Waals surface area (Å²) >= 11 is 0. The summed E-state index contributed by atoms with van der Waals surface area (Å²) in [5, 5.41) is 0. The molecule has 20 heavy (non-hydrogen) atoms. The summed E-state index contributed by atoms with van der Waals surface area (Å²) in [6.45, 7) is 6.06. The average Bonchev–Trinajstić information content (AvgIpc) is 2.76. The largest absolute Gasteiger partial charge is 0.330 e. The Bertz CT molecular complexity index is 571. The first-order valence-electron chi connectivity index (χ1n) is 7.38. The molecular weight excluding hydrogens is 248 g/mol. The minimum atomic E-state index is 0.306. The van der Waals surface area contributed by atoms with E-state index in [-0.39, 0.29) is 0 Å². The number of nitrogens with zero attached hydrogens (tertiary/aromatic N) is 3. The molecule has 0 amide bonds. The van der Waals surface area contributed by atoms with Gasteiger partial charge in [0.25, 0.3) is 0 Å². The molecule has 4 heteroatoms. The number of rotatable bonds is 6. The fourth-order valence-corrected chi connectivity index (χ4v) is 2.46. The fraction of sp³-hybridized carbons (Fsp3) is 0.562. The molecule has 1 aromatic heterocycles. The van der Waals surface area contributed by atoms with Crippen molar-refractivity contribution in [2.24, 2.45) is 5.73 Å². The van der Waals surface area contributed by atoms with Crippen LogP contribution in [0.2, 0.25) is 0 Å². The Hall–Kier alpha value is -1.39. The molecule has 1 atom stereocenters. The van der Waals surface area contributed by atoms with Crippen LogP contribution in [0.4, 0.5) is 0 Å². The predicted molar refractivity (Wildman–Crippen MR) is 84.9 cm³/mol. The minimum absolute atomic E-state index is 0.306. The molecule has 0 saturated carbocycles. The van der Waals surface area contributed by atoms with E-state index < -0.39 is 0 Å². The fourth-order valence-electron chi connectivity index (χ4n) is 2.46. The van der Waals surface area contributed by atoms with Gasteiger partial charge in [-0.25, -0.2) is 4.98 Å². The second kappa shape index (κ2) is 6.37. The Kier molecular flexibility index (Phi) is 4.78. The summed E-state index contributed by atoms with van der Waals surface area (Å²) < 4.78 is 2.36. The zero-order valence-corrected chi connectivity index (χ0v) is 13.1. The van der Waals surface area contributed by atoms with E-state index in [1.54, 1.807) is 0 Å². The van der Waals surface area contributed by atoms with Crippen LogP contribution in [0.5, 0.6) is 0 Å². The molecule has 0 spiro atoms. The van der Waals surface area contributed by atoms with Gasteiger partial charge in [0.1, 0.15) is 5.82 Å². The van der Waals surface area contributed by atoms with Gasteiger partial charge in [-0.2, -0.15) is 0 Å². The Morgan fingerprint density at radius 1 is 1.30 bits per heavy atom. The molecule has 2 aromatic rings. The first-order chi connectivity index (χ1) is 9.54. The van der Waals surface area contributed by atoms with E-state index >= 15 is 0 Å². The van der Waals surface area contributed by atoms with Crippen LogP contribution in [0.15, 0.2) is 18.2 Å². The SMILES string of the molecule is Cc1ccc2c(c1)nc(C(C)N(C)C)n2CCCCN. The van der Waals surface area contributed by atoms with Crippen molar-refractivity contribution < 1.29 is 0 Å². The van der Waals surface area contributed by atoms with Gasteiger partial charge in [0, 0.05) is 6.54 Å². The van der Waals surface area contributed by atoms with Gasteiger partial charge in [0.15, 0.2) is 0 Å². The third-order valence-electron chi connectivity index (χ3n) is 3.92. The maximum Gasteiger partial charge on any atom is 0.126 e. The van der Waals surface area contributed by atoms with Gasteiger partial charge in [-0.3, -0.25) is 4.90 Å². The van der Waals surface area contributed by atoms with Crippen LogP contribution in [0.1, 0.15) is 37.2 Å². The summed E-state index contributed by atoms with van der Waals surface area (Å²) in [5.41, 5.74) is 9.20. The van der Waals surface area contributed by atoms with Gasteiger partial charge in [0.05, 0.1) is 17.1 Å². The highest BCUT2D eigenvalue weighted by Gasteiger charge is 2.17. The number of unbranched alkanes of at least 4 members (excludes halogenated alkanes) is 1. The number of fused-ring (bicyclic) bond motifs is 1. The molecule has 0 aliphatic carbocycles. The normalized spacial score (nSPS) is 13.3. The van der Waals surface area contributed by atoms with Crippen molar-refractivity contribution in [1.29, 1.82) is 0 Å². The van der Waals surface area contributed by atoms with Gasteiger partial charge in [-0.15, -0.1) is 0 Å². The highest BCUT2D eigenvalue weighted by molar-refractivity contribution is 5.77. The van der Waals surface area contributed by atoms with Crippen LogP contribution in [0, 0.1) is 6.92 Å². The monoisotopic (exact) mass is 274 g/mol. The van der Waals surface area contributed by atoms with Crippen molar-refractivity contribution in [3.63, 3.8) is 0 Å². The highest BCUT2D eigenvalue weighted by atomic mass is 15.2. The van der Waals surface area contributed by atoms with E-state index in [9.17, 15) is 0 Å². The lowest BCUT2D eigenvalue weighted by Gasteiger charge is -2.20. The zero-order valence-electron chi connectivity index (χ0n) is 13.1. The Morgan fingerprint density at radius 3 is 2.70 bits per heavy atom. The van der Waals surface area contributed by atoms with E-state index in [2.05, 4.69) is 55.6 Å². The maximum absolute atomic E-state index is 5.61. The molecule has 0 radical (unpaired) electrons. The van der Waals surface area contributed by atoms with Crippen molar-refractivity contribution in [3.05, 3.63) is 29.6 Å². The molecule has 0 fully saturated rings. The van der Waals surface area contributed by atoms with E-state index in [1.807, 2.05) is 0 Å². The van der Waals surface area contributed by atoms with Crippen molar-refractivity contribution in [3.8, 4) is 0 Å². The smallest absolute Gasteiger partial charge is 0.126 e. The van der Waals surface area contributed by atoms with Gasteiger partial charge in [0.2, 0.25) is 0 Å². The third-order valence-corrected chi connectivity index (χ3v) is 3.92. The van der Waals surface area contributed by atoms with Crippen molar-refractivity contribution >= 4 is 11.0 Å². The topological polar surface area (TPSA) is 47.1 Å². The lowest BCUT2D eigenvalue weighted by Crippen LogP contribution is -2.21. The summed E-state index contributed by atoms with van der Waals surface area (Å²) in [5.74, 6) is 1.15. The van der Waals surface area contributed by atoms with Crippen molar-refractivity contribution in [2.75, 3.05) is 20.6 Å². The number of nitrogens with two attached hydrogens (primary N) is 1. The minimum Gasteiger partial charge on any atom is -0.330 e. The van der Waals surface area contributed by atoms with Gasteiger partial charge in [-0.05, 0) is 65.0 Å². The molecule has 0 aliphatic rings. The number of hydrogen-bond acceptors (Lipinski definition) is 3. The average molecular weight is 274 g/mol. The molecule has 2 rings (SSSR count). The summed E-state index contributed by atoms with van der Waals surface area (Å²) in [6.07, 6.45) is 2.16. The molecule has 110 valence electrons. The number of imidazole rings is 1. The molecule has 1 unspecified atom stereocenters. The standard InChI is InChI=1S/C16H26N4/c1-12-7-8-15-14(11-12)18-16(13(2)19(3)4)20(15)10-6-5-9-17/h7-8,11,13H,5-6,9-10,17H2,1-4H3. The molecule has 2 N–H and O–H groups in total. The molecule has 1 aromatic carbocycles. The lowest BCUT2D eigenvalue weighted by molar-refractivity contribution is 0.301. The van der Waals surface area contributed by atoms with Crippen LogP contribution in [0.25, 0.3) is 11.0 Å². The van der Waals surface area contributed by atoms with E-state index in [0.29, 0.717) is 6.04 Å². The van der Waals surface area contributed by atoms with Gasteiger partial charge >= 0.3 is 0 Å². The first kappa shape index (κ1) is 15.0. The molecule has 0 saturated heterocycles.